The van der Waals surface area contributed by atoms with E-state index in [0.717, 1.165) is 24.5 Å². The lowest BCUT2D eigenvalue weighted by molar-refractivity contribution is 0.177. The molecule has 1 aromatic carbocycles. The van der Waals surface area contributed by atoms with Crippen molar-refractivity contribution < 1.29 is 4.74 Å². The quantitative estimate of drug-likeness (QED) is 0.856. The lowest BCUT2D eigenvalue weighted by Gasteiger charge is -2.35. The van der Waals surface area contributed by atoms with E-state index in [-0.39, 0.29) is 0 Å². The second-order valence-electron chi connectivity index (χ2n) is 5.89. The van der Waals surface area contributed by atoms with Crippen LogP contribution in [-0.4, -0.2) is 36.7 Å². The first kappa shape index (κ1) is 15.2. The zero-order valence-electron chi connectivity index (χ0n) is 13.1. The molecule has 0 radical (unpaired) electrons. The molecule has 1 N–H and O–H groups in total. The predicted octanol–water partition coefficient (Wildman–Crippen LogP) is 3.76. The highest BCUT2D eigenvalue weighted by molar-refractivity contribution is 5.56. The number of hydrogen-bond acceptors (Lipinski definition) is 3. The van der Waals surface area contributed by atoms with E-state index in [9.17, 15) is 0 Å². The number of nitrogens with one attached hydrogen (secondary N) is 1. The van der Waals surface area contributed by atoms with E-state index in [1.165, 1.54) is 25.9 Å². The number of anilines is 1. The fourth-order valence-corrected chi connectivity index (χ4v) is 2.70. The molecule has 112 valence electrons. The molecule has 3 heteroatoms. The Morgan fingerprint density at radius 3 is 2.60 bits per heavy atom. The monoisotopic (exact) mass is 276 g/mol. The highest BCUT2D eigenvalue weighted by Gasteiger charge is 2.21. The minimum absolute atomic E-state index is 0.566. The third-order valence-corrected chi connectivity index (χ3v) is 3.97. The molecular formula is C17H28N2O. The van der Waals surface area contributed by atoms with Crippen molar-refractivity contribution in [3.63, 3.8) is 0 Å². The van der Waals surface area contributed by atoms with Crippen molar-refractivity contribution in [3.05, 3.63) is 24.3 Å². The van der Waals surface area contributed by atoms with Gasteiger partial charge in [-0.05, 0) is 45.2 Å². The molecule has 20 heavy (non-hydrogen) atoms. The SMILES string of the molecule is CCCOc1ccccc1NC1CCN(C(C)C)CC1. The van der Waals surface area contributed by atoms with Crippen LogP contribution in [0.2, 0.25) is 0 Å². The standard InChI is InChI=1S/C17H28N2O/c1-4-13-20-17-8-6-5-7-16(17)18-15-9-11-19(12-10-15)14(2)3/h5-8,14-15,18H,4,9-13H2,1-3H3. The molecule has 1 aromatic rings. The number of hydrogen-bond donors (Lipinski definition) is 1. The maximum atomic E-state index is 5.81. The Morgan fingerprint density at radius 1 is 1.25 bits per heavy atom. The fraction of sp³-hybridized carbons (Fsp3) is 0.647. The van der Waals surface area contributed by atoms with Crippen molar-refractivity contribution in [1.82, 2.24) is 4.90 Å². The molecule has 1 aliphatic rings. The van der Waals surface area contributed by atoms with Gasteiger partial charge >= 0.3 is 0 Å². The molecule has 0 atom stereocenters. The van der Waals surface area contributed by atoms with E-state index >= 15 is 0 Å². The third-order valence-electron chi connectivity index (χ3n) is 3.97. The first-order valence-corrected chi connectivity index (χ1v) is 7.93. The summed E-state index contributed by atoms with van der Waals surface area (Å²) in [6.07, 6.45) is 3.46. The summed E-state index contributed by atoms with van der Waals surface area (Å²) < 4.78 is 5.81. The first-order chi connectivity index (χ1) is 9.70. The van der Waals surface area contributed by atoms with Gasteiger partial charge in [-0.15, -0.1) is 0 Å². The second kappa shape index (κ2) is 7.53. The molecule has 0 aliphatic carbocycles. The van der Waals surface area contributed by atoms with Gasteiger partial charge in [-0.1, -0.05) is 19.1 Å². The van der Waals surface area contributed by atoms with E-state index in [1.807, 2.05) is 6.07 Å². The minimum atomic E-state index is 0.566. The highest BCUT2D eigenvalue weighted by atomic mass is 16.5. The highest BCUT2D eigenvalue weighted by Crippen LogP contribution is 2.27. The zero-order chi connectivity index (χ0) is 14.4. The molecule has 0 saturated carbocycles. The first-order valence-electron chi connectivity index (χ1n) is 7.93. The smallest absolute Gasteiger partial charge is 0.142 e. The van der Waals surface area contributed by atoms with Crippen LogP contribution in [0.3, 0.4) is 0 Å². The summed E-state index contributed by atoms with van der Waals surface area (Å²) in [7, 11) is 0. The van der Waals surface area contributed by atoms with E-state index < -0.39 is 0 Å². The van der Waals surface area contributed by atoms with Gasteiger partial charge in [-0.2, -0.15) is 0 Å². The summed E-state index contributed by atoms with van der Waals surface area (Å²) in [5.74, 6) is 0.987. The minimum Gasteiger partial charge on any atom is -0.491 e. The average molecular weight is 276 g/mol. The molecule has 0 bridgehead atoms. The second-order valence-corrected chi connectivity index (χ2v) is 5.89. The Morgan fingerprint density at radius 2 is 1.95 bits per heavy atom. The molecule has 1 saturated heterocycles. The zero-order valence-corrected chi connectivity index (χ0v) is 13.1. The van der Waals surface area contributed by atoms with Crippen LogP contribution in [0.15, 0.2) is 24.3 Å². The van der Waals surface area contributed by atoms with Gasteiger partial charge in [0.1, 0.15) is 5.75 Å². The summed E-state index contributed by atoms with van der Waals surface area (Å²) in [4.78, 5) is 2.55. The maximum absolute atomic E-state index is 5.81. The van der Waals surface area contributed by atoms with Crippen molar-refractivity contribution >= 4 is 5.69 Å². The molecule has 2 rings (SSSR count). The Bertz CT molecular complexity index is 398. The van der Waals surface area contributed by atoms with Gasteiger partial charge in [-0.25, -0.2) is 0 Å². The molecule has 0 amide bonds. The number of ether oxygens (including phenoxy) is 1. The van der Waals surface area contributed by atoms with Gasteiger partial charge in [0, 0.05) is 25.2 Å². The van der Waals surface area contributed by atoms with Crippen LogP contribution in [0, 0.1) is 0 Å². The van der Waals surface area contributed by atoms with Gasteiger partial charge < -0.3 is 15.0 Å². The van der Waals surface area contributed by atoms with E-state index in [4.69, 9.17) is 4.74 Å². The molecule has 3 nitrogen and oxygen atoms in total. The molecular weight excluding hydrogens is 248 g/mol. The van der Waals surface area contributed by atoms with Gasteiger partial charge in [0.25, 0.3) is 0 Å². The van der Waals surface area contributed by atoms with Crippen LogP contribution in [0.5, 0.6) is 5.75 Å². The molecule has 1 fully saturated rings. The molecule has 0 unspecified atom stereocenters. The summed E-state index contributed by atoms with van der Waals surface area (Å²) in [6.45, 7) is 9.85. The largest absolute Gasteiger partial charge is 0.491 e. The number of nitrogens with zero attached hydrogens (tertiary/aromatic N) is 1. The lowest BCUT2D eigenvalue weighted by atomic mass is 10.0. The van der Waals surface area contributed by atoms with Gasteiger partial charge in [0.2, 0.25) is 0 Å². The maximum Gasteiger partial charge on any atom is 0.142 e. The Kier molecular flexibility index (Phi) is 5.72. The van der Waals surface area contributed by atoms with Crippen LogP contribution in [0.1, 0.15) is 40.0 Å². The molecule has 0 spiro atoms. The van der Waals surface area contributed by atoms with Crippen molar-refractivity contribution in [2.75, 3.05) is 25.0 Å². The van der Waals surface area contributed by atoms with E-state index in [0.29, 0.717) is 12.1 Å². The summed E-state index contributed by atoms with van der Waals surface area (Å²) in [5.41, 5.74) is 1.14. The Labute approximate surface area is 123 Å². The predicted molar refractivity (Wildman–Crippen MR) is 85.6 cm³/mol. The van der Waals surface area contributed by atoms with Crippen molar-refractivity contribution in [3.8, 4) is 5.75 Å². The van der Waals surface area contributed by atoms with E-state index in [2.05, 4.69) is 49.2 Å². The summed E-state index contributed by atoms with van der Waals surface area (Å²) >= 11 is 0. The number of benzene rings is 1. The van der Waals surface area contributed by atoms with Crippen molar-refractivity contribution in [2.45, 2.75) is 52.1 Å². The van der Waals surface area contributed by atoms with E-state index in [1.54, 1.807) is 0 Å². The third kappa shape index (κ3) is 4.14. The molecule has 1 aliphatic heterocycles. The number of likely N-dealkylation sites (tertiary alicyclic amines) is 1. The number of rotatable bonds is 6. The average Bonchev–Trinajstić information content (AvgIpc) is 2.47. The summed E-state index contributed by atoms with van der Waals surface area (Å²) in [6, 6.07) is 9.52. The van der Waals surface area contributed by atoms with Crippen molar-refractivity contribution in [1.29, 1.82) is 0 Å². The van der Waals surface area contributed by atoms with Gasteiger partial charge in [0.05, 0.1) is 12.3 Å². The van der Waals surface area contributed by atoms with Gasteiger partial charge in [0.15, 0.2) is 0 Å². The van der Waals surface area contributed by atoms with Crippen LogP contribution in [0.4, 0.5) is 5.69 Å². The van der Waals surface area contributed by atoms with Crippen LogP contribution in [-0.2, 0) is 0 Å². The molecule has 0 aromatic heterocycles. The fourth-order valence-electron chi connectivity index (χ4n) is 2.70. The summed E-state index contributed by atoms with van der Waals surface area (Å²) in [5, 5.41) is 3.67. The molecule has 1 heterocycles. The lowest BCUT2D eigenvalue weighted by Crippen LogP contribution is -2.42. The Balaban J connectivity index is 1.90. The van der Waals surface area contributed by atoms with Gasteiger partial charge in [-0.3, -0.25) is 0 Å². The topological polar surface area (TPSA) is 24.5 Å². The normalized spacial score (nSPS) is 17.4. The van der Waals surface area contributed by atoms with Crippen LogP contribution >= 0.6 is 0 Å². The number of piperidine rings is 1. The Hall–Kier alpha value is -1.22. The number of para-hydroxylation sites is 2. The van der Waals surface area contributed by atoms with Crippen LogP contribution in [0.25, 0.3) is 0 Å². The van der Waals surface area contributed by atoms with Crippen LogP contribution < -0.4 is 10.1 Å². The van der Waals surface area contributed by atoms with Crippen molar-refractivity contribution in [2.24, 2.45) is 0 Å².